The Morgan fingerprint density at radius 2 is 1.45 bits per heavy atom. The minimum Gasteiger partial charge on any atom is 1.00 e. The minimum atomic E-state index is -0.909. The number of hydrogen-bond acceptors (Lipinski definition) is 6. The summed E-state index contributed by atoms with van der Waals surface area (Å²) >= 11 is 0.979. The second-order valence-electron chi connectivity index (χ2n) is 11.2. The zero-order valence-electron chi connectivity index (χ0n) is 24.8. The molecule has 0 aromatic rings. The molecular weight excluding hydrogens is 710 g/mol. The first-order valence-corrected chi connectivity index (χ1v) is 17.9. The Hall–Kier alpha value is -0.941. The third-order valence-corrected chi connectivity index (χ3v) is 8.28. The van der Waals surface area contributed by atoms with Crippen LogP contribution >= 0.6 is 0 Å². The molecule has 10 nitrogen and oxygen atoms in total. The number of carbonyl (C=O) groups is 2. The third-order valence-electron chi connectivity index (χ3n) is 8.28. The number of carboxylic acid groups (broad SMARTS) is 2. The number of carboxylic acids is 2. The molecule has 0 spiro atoms. The minimum absolute atomic E-state index is 0. The molecule has 4 rings (SSSR count). The molecule has 2 saturated carbocycles. The first kappa shape index (κ1) is 41.1. The van der Waals surface area contributed by atoms with Crippen LogP contribution in [0.25, 0.3) is 10.6 Å². The Morgan fingerprint density at radius 3 is 1.93 bits per heavy atom. The number of piperidine rings is 1. The van der Waals surface area contributed by atoms with Crippen LogP contribution in [-0.2, 0) is 39.8 Å². The number of rotatable bonds is 10. The van der Waals surface area contributed by atoms with Crippen LogP contribution in [0.1, 0.15) is 70.6 Å². The molecule has 3 fully saturated rings. The molecule has 0 radical (unpaired) electrons. The van der Waals surface area contributed by atoms with Gasteiger partial charge in [-0.25, -0.2) is 0 Å². The van der Waals surface area contributed by atoms with E-state index in [1.54, 1.807) is 12.4 Å². The van der Waals surface area contributed by atoms with Crippen LogP contribution in [0.4, 0.5) is 0 Å². The molecule has 4 aliphatic rings. The van der Waals surface area contributed by atoms with E-state index in [0.717, 1.165) is 77.0 Å². The Bertz CT molecular complexity index is 952. The summed E-state index contributed by atoms with van der Waals surface area (Å²) in [5.74, 6) is -3.32. The molecule has 7 unspecified atom stereocenters. The van der Waals surface area contributed by atoms with E-state index in [2.05, 4.69) is 40.8 Å². The molecule has 0 aromatic carbocycles. The van der Waals surface area contributed by atoms with E-state index in [1.165, 1.54) is 19.3 Å². The molecule has 1 saturated heterocycles. The molecule has 7 atom stereocenters. The molecular formula is C30H48Cl2Cu2N4O6+. The Labute approximate surface area is 286 Å². The SMILES string of the molecule is O=C(O)C1CCCC(C=NCCC2=CC=CC[N-]2)C1O.O=C(O)C1CCCC(C=NCCC2CCCC[N-]2)C1O.[ClH+][Cu][ClH+].[Cu+]. The number of aliphatic hydroxyl groups excluding tert-OH is 2. The molecule has 0 amide bonds. The van der Waals surface area contributed by atoms with Crippen molar-refractivity contribution < 1.29 is 80.4 Å². The van der Waals surface area contributed by atoms with Gasteiger partial charge in [-0.05, 0) is 38.5 Å². The van der Waals surface area contributed by atoms with Crippen molar-refractivity contribution in [3.8, 4) is 0 Å². The van der Waals surface area contributed by atoms with Crippen molar-refractivity contribution in [3.63, 3.8) is 0 Å². The van der Waals surface area contributed by atoms with Gasteiger partial charge in [0.15, 0.2) is 0 Å². The van der Waals surface area contributed by atoms with Crippen molar-refractivity contribution in [2.24, 2.45) is 33.7 Å². The molecule has 0 aromatic heterocycles. The molecule has 2 heterocycles. The van der Waals surface area contributed by atoms with Crippen molar-refractivity contribution in [1.29, 1.82) is 0 Å². The molecule has 0 bridgehead atoms. The van der Waals surface area contributed by atoms with Crippen molar-refractivity contribution in [1.82, 2.24) is 0 Å². The molecule has 4 N–H and O–H groups in total. The van der Waals surface area contributed by atoms with Crippen LogP contribution in [0.3, 0.4) is 0 Å². The van der Waals surface area contributed by atoms with Gasteiger partial charge in [-0.3, -0.25) is 19.6 Å². The topological polar surface area (TPSA) is 168 Å². The van der Waals surface area contributed by atoms with Gasteiger partial charge in [0.25, 0.3) is 0 Å². The van der Waals surface area contributed by atoms with Crippen molar-refractivity contribution in [2.45, 2.75) is 88.9 Å². The fourth-order valence-corrected chi connectivity index (χ4v) is 5.83. The summed E-state index contributed by atoms with van der Waals surface area (Å²) in [5.41, 5.74) is 1.04. The number of hydrogen-bond donors (Lipinski definition) is 4. The van der Waals surface area contributed by atoms with E-state index in [4.69, 9.17) is 10.2 Å². The predicted molar refractivity (Wildman–Crippen MR) is 159 cm³/mol. The van der Waals surface area contributed by atoms with E-state index in [1.807, 2.05) is 18.2 Å². The van der Waals surface area contributed by atoms with E-state index in [-0.39, 0.29) is 28.9 Å². The van der Waals surface area contributed by atoms with Gasteiger partial charge < -0.3 is 31.1 Å². The number of halogens is 2. The third kappa shape index (κ3) is 15.6. The van der Waals surface area contributed by atoms with Gasteiger partial charge in [0.2, 0.25) is 0 Å². The van der Waals surface area contributed by atoms with Crippen LogP contribution < -0.4 is 0 Å². The van der Waals surface area contributed by atoms with Gasteiger partial charge in [-0.2, -0.15) is 5.70 Å². The number of aliphatic carboxylic acids is 2. The molecule has 44 heavy (non-hydrogen) atoms. The largest absolute Gasteiger partial charge is 1.00 e. The van der Waals surface area contributed by atoms with Crippen LogP contribution in [0, 0.1) is 43.9 Å². The molecule has 14 heteroatoms. The molecule has 259 valence electrons. The predicted octanol–water partition coefficient (Wildman–Crippen LogP) is 3.83. The Morgan fingerprint density at radius 1 is 0.886 bits per heavy atom. The van der Waals surface area contributed by atoms with Crippen LogP contribution in [0.5, 0.6) is 0 Å². The maximum Gasteiger partial charge on any atom is 1.00 e. The maximum absolute atomic E-state index is 11.0. The zero-order valence-corrected chi connectivity index (χ0v) is 28.4. The smallest absolute Gasteiger partial charge is 1.00 e. The summed E-state index contributed by atoms with van der Waals surface area (Å²) in [6.45, 7) is 3.08. The summed E-state index contributed by atoms with van der Waals surface area (Å²) in [4.78, 5) is 30.8. The standard InChI is InChI=1S/C15H25N2O3.C15H21N2O3.2ClH.2Cu/c2*18-14-11(4-3-6-13(14)15(19)20)10-16-9-7-12-5-1-2-8-17-12;;;;/h10-14,18H,1-9H2,(H,19,20);1-2,5,10-11,13-14,18H,3-4,6-9H2,(H,19,20);2*1H;;/q2*-1;;;+1;+2. The maximum atomic E-state index is 11.0. The zero-order chi connectivity index (χ0) is 31.5. The quantitative estimate of drug-likeness (QED) is 0.195. The average Bonchev–Trinajstić information content (AvgIpc) is 3.00. The number of aliphatic imine (C=N–C) groups is 2. The molecule has 2 aliphatic heterocycles. The van der Waals surface area contributed by atoms with Crippen molar-refractivity contribution in [3.05, 3.63) is 34.6 Å². The first-order chi connectivity index (χ1) is 20.8. The van der Waals surface area contributed by atoms with E-state index < -0.39 is 36.0 Å². The number of allylic oxidation sites excluding steroid dienone is 2. The summed E-state index contributed by atoms with van der Waals surface area (Å²) in [6, 6.07) is 0.448. The van der Waals surface area contributed by atoms with Crippen molar-refractivity contribution in [2.75, 3.05) is 26.2 Å². The van der Waals surface area contributed by atoms with Crippen LogP contribution in [-0.4, -0.2) is 89.2 Å². The second kappa shape index (κ2) is 24.3. The van der Waals surface area contributed by atoms with Gasteiger partial charge >= 0.3 is 62.3 Å². The van der Waals surface area contributed by atoms with Crippen LogP contribution in [0.2, 0.25) is 0 Å². The van der Waals surface area contributed by atoms with E-state index >= 15 is 0 Å². The fourth-order valence-electron chi connectivity index (χ4n) is 5.83. The Balaban J connectivity index is 0.000000396. The Kier molecular flexibility index (Phi) is 22.7. The summed E-state index contributed by atoms with van der Waals surface area (Å²) in [6.07, 6.45) is 17.7. The monoisotopic (exact) mass is 756 g/mol. The van der Waals surface area contributed by atoms with Gasteiger partial charge in [0.1, 0.15) is 0 Å². The van der Waals surface area contributed by atoms with Gasteiger partial charge in [0.05, 0.1) is 24.0 Å². The average molecular weight is 759 g/mol. The van der Waals surface area contributed by atoms with Crippen LogP contribution in [0.15, 0.2) is 33.9 Å². The fraction of sp³-hybridized carbons (Fsp3) is 0.733. The van der Waals surface area contributed by atoms with Gasteiger partial charge in [-0.15, -0.1) is 25.2 Å². The molecule has 2 aliphatic carbocycles. The normalized spacial score (nSPS) is 30.2. The summed E-state index contributed by atoms with van der Waals surface area (Å²) in [7, 11) is 8.23. The van der Waals surface area contributed by atoms with E-state index in [9.17, 15) is 19.8 Å². The van der Waals surface area contributed by atoms with E-state index in [0.29, 0.717) is 25.4 Å². The van der Waals surface area contributed by atoms with Gasteiger partial charge in [-0.1, -0.05) is 44.3 Å². The van der Waals surface area contributed by atoms with Crippen molar-refractivity contribution >= 4 is 24.4 Å². The second-order valence-corrected chi connectivity index (χ2v) is 13.1. The summed E-state index contributed by atoms with van der Waals surface area (Å²) < 4.78 is 0. The number of aliphatic hydroxyl groups is 2. The summed E-state index contributed by atoms with van der Waals surface area (Å²) in [5, 5.41) is 47.1. The number of nitrogens with zero attached hydrogens (tertiary/aromatic N) is 4. The first-order valence-electron chi connectivity index (χ1n) is 15.1. The van der Waals surface area contributed by atoms with Gasteiger partial charge in [0, 0.05) is 37.4 Å².